The first-order valence-corrected chi connectivity index (χ1v) is 8.53. The number of nitrogens with zero attached hydrogens (tertiary/aromatic N) is 1. The van der Waals surface area contributed by atoms with Crippen molar-refractivity contribution < 1.29 is 4.79 Å². The largest absolute Gasteiger partial charge is 0.378 e. The third-order valence-corrected chi connectivity index (χ3v) is 4.73. The molecule has 0 unspecified atom stereocenters. The van der Waals surface area contributed by atoms with Crippen molar-refractivity contribution in [1.29, 1.82) is 0 Å². The number of benzene rings is 1. The standard InChI is InChI=1S/C20H26N2O/c1-13(2)16-5-7-17(8-6-16)21-12-20(23)19-11-14(3)22(15(19)4)18-9-10-18/h5-8,11,13,18,21H,9-10,12H2,1-4H3. The molecule has 1 heterocycles. The summed E-state index contributed by atoms with van der Waals surface area (Å²) in [6.07, 6.45) is 2.48. The van der Waals surface area contributed by atoms with E-state index >= 15 is 0 Å². The van der Waals surface area contributed by atoms with Crippen molar-refractivity contribution in [3.05, 3.63) is 52.8 Å². The van der Waals surface area contributed by atoms with Gasteiger partial charge < -0.3 is 9.88 Å². The second kappa shape index (κ2) is 6.23. The highest BCUT2D eigenvalue weighted by molar-refractivity contribution is 6.00. The molecule has 0 aliphatic heterocycles. The number of hydrogen-bond donors (Lipinski definition) is 1. The fourth-order valence-corrected chi connectivity index (χ4v) is 3.22. The van der Waals surface area contributed by atoms with Gasteiger partial charge in [-0.25, -0.2) is 0 Å². The summed E-state index contributed by atoms with van der Waals surface area (Å²) in [4.78, 5) is 12.5. The van der Waals surface area contributed by atoms with E-state index in [0.29, 0.717) is 18.5 Å². The van der Waals surface area contributed by atoms with E-state index in [1.54, 1.807) is 0 Å². The number of hydrogen-bond acceptors (Lipinski definition) is 2. The van der Waals surface area contributed by atoms with Gasteiger partial charge in [0.05, 0.1) is 6.54 Å². The van der Waals surface area contributed by atoms with Crippen LogP contribution in [0.3, 0.4) is 0 Å². The molecule has 0 saturated heterocycles. The van der Waals surface area contributed by atoms with Crippen molar-refractivity contribution in [1.82, 2.24) is 4.57 Å². The quantitative estimate of drug-likeness (QED) is 0.773. The first kappa shape index (κ1) is 15.9. The molecular weight excluding hydrogens is 284 g/mol. The lowest BCUT2D eigenvalue weighted by atomic mass is 10.0. The molecule has 3 heteroatoms. The van der Waals surface area contributed by atoms with E-state index in [0.717, 1.165) is 16.9 Å². The lowest BCUT2D eigenvalue weighted by Gasteiger charge is -2.10. The van der Waals surface area contributed by atoms with E-state index in [-0.39, 0.29) is 5.78 Å². The van der Waals surface area contributed by atoms with Gasteiger partial charge in [-0.2, -0.15) is 0 Å². The molecule has 0 radical (unpaired) electrons. The van der Waals surface area contributed by atoms with E-state index in [4.69, 9.17) is 0 Å². The summed E-state index contributed by atoms with van der Waals surface area (Å²) in [7, 11) is 0. The van der Waals surface area contributed by atoms with Crippen molar-refractivity contribution in [2.75, 3.05) is 11.9 Å². The van der Waals surface area contributed by atoms with E-state index in [9.17, 15) is 4.79 Å². The summed E-state index contributed by atoms with van der Waals surface area (Å²) >= 11 is 0. The van der Waals surface area contributed by atoms with Crippen molar-refractivity contribution in [2.24, 2.45) is 0 Å². The van der Waals surface area contributed by atoms with Crippen LogP contribution < -0.4 is 5.32 Å². The minimum atomic E-state index is 0.165. The Bertz CT molecular complexity index is 706. The number of carbonyl (C=O) groups is 1. The van der Waals surface area contributed by atoms with Crippen LogP contribution in [-0.4, -0.2) is 16.9 Å². The van der Waals surface area contributed by atoms with E-state index in [1.165, 1.54) is 24.1 Å². The fourth-order valence-electron chi connectivity index (χ4n) is 3.22. The first-order chi connectivity index (χ1) is 11.0. The van der Waals surface area contributed by atoms with Crippen LogP contribution in [-0.2, 0) is 0 Å². The Labute approximate surface area is 138 Å². The maximum Gasteiger partial charge on any atom is 0.183 e. The molecule has 1 N–H and O–H groups in total. The zero-order chi connectivity index (χ0) is 16.6. The number of ketones is 1. The molecule has 122 valence electrons. The second-order valence-corrected chi connectivity index (χ2v) is 6.94. The number of carbonyl (C=O) groups excluding carboxylic acids is 1. The molecule has 1 aromatic carbocycles. The molecule has 23 heavy (non-hydrogen) atoms. The van der Waals surface area contributed by atoms with Gasteiger partial charge in [0.2, 0.25) is 0 Å². The Morgan fingerprint density at radius 1 is 1.22 bits per heavy atom. The average Bonchev–Trinajstić information content (AvgIpc) is 3.31. The highest BCUT2D eigenvalue weighted by Crippen LogP contribution is 2.38. The van der Waals surface area contributed by atoms with E-state index < -0.39 is 0 Å². The number of Topliss-reactive ketones (excluding diaryl/α,β-unsaturated/α-hetero) is 1. The lowest BCUT2D eigenvalue weighted by Crippen LogP contribution is -2.15. The van der Waals surface area contributed by atoms with Crippen LogP contribution >= 0.6 is 0 Å². The Hall–Kier alpha value is -2.03. The van der Waals surface area contributed by atoms with Crippen LogP contribution in [0.5, 0.6) is 0 Å². The monoisotopic (exact) mass is 310 g/mol. The van der Waals surface area contributed by atoms with Gasteiger partial charge in [0, 0.05) is 28.7 Å². The maximum absolute atomic E-state index is 12.5. The fraction of sp³-hybridized carbons (Fsp3) is 0.450. The molecule has 1 aliphatic rings. The Morgan fingerprint density at radius 3 is 2.43 bits per heavy atom. The highest BCUT2D eigenvalue weighted by atomic mass is 16.1. The van der Waals surface area contributed by atoms with Gasteiger partial charge in [0.1, 0.15) is 0 Å². The molecule has 3 rings (SSSR count). The Morgan fingerprint density at radius 2 is 1.87 bits per heavy atom. The SMILES string of the molecule is Cc1cc(C(=O)CNc2ccc(C(C)C)cc2)c(C)n1C1CC1. The summed E-state index contributed by atoms with van der Waals surface area (Å²) in [6, 6.07) is 11.0. The molecule has 0 amide bonds. The molecular formula is C20H26N2O. The van der Waals surface area contributed by atoms with Crippen molar-refractivity contribution in [3.63, 3.8) is 0 Å². The van der Waals surface area contributed by atoms with Crippen molar-refractivity contribution >= 4 is 11.5 Å². The molecule has 1 aromatic heterocycles. The van der Waals surface area contributed by atoms with Gasteiger partial charge in [0.25, 0.3) is 0 Å². The summed E-state index contributed by atoms with van der Waals surface area (Å²) in [6.45, 7) is 8.87. The zero-order valence-corrected chi connectivity index (χ0v) is 14.5. The third kappa shape index (κ3) is 3.34. The Balaban J connectivity index is 1.66. The summed E-state index contributed by atoms with van der Waals surface area (Å²) in [5.41, 5.74) is 5.50. The average molecular weight is 310 g/mol. The third-order valence-electron chi connectivity index (χ3n) is 4.73. The topological polar surface area (TPSA) is 34.0 Å². The van der Waals surface area contributed by atoms with Crippen LogP contribution in [0, 0.1) is 13.8 Å². The summed E-state index contributed by atoms with van der Waals surface area (Å²) < 4.78 is 2.32. The van der Waals surface area contributed by atoms with Gasteiger partial charge in [0.15, 0.2) is 5.78 Å². The molecule has 1 aliphatic carbocycles. The van der Waals surface area contributed by atoms with E-state index in [2.05, 4.69) is 61.8 Å². The first-order valence-electron chi connectivity index (χ1n) is 8.53. The van der Waals surface area contributed by atoms with Crippen LogP contribution in [0.2, 0.25) is 0 Å². The van der Waals surface area contributed by atoms with Gasteiger partial charge >= 0.3 is 0 Å². The van der Waals surface area contributed by atoms with E-state index in [1.807, 2.05) is 6.07 Å². The summed E-state index contributed by atoms with van der Waals surface area (Å²) in [5, 5.41) is 3.25. The summed E-state index contributed by atoms with van der Waals surface area (Å²) in [5.74, 6) is 0.691. The van der Waals surface area contributed by atoms with Crippen molar-refractivity contribution in [3.8, 4) is 0 Å². The predicted molar refractivity (Wildman–Crippen MR) is 95.5 cm³/mol. The van der Waals surface area contributed by atoms with Crippen LogP contribution in [0.25, 0.3) is 0 Å². The normalized spacial score (nSPS) is 14.3. The predicted octanol–water partition coefficient (Wildman–Crippen LogP) is 4.86. The van der Waals surface area contributed by atoms with Gasteiger partial charge in [-0.1, -0.05) is 26.0 Å². The minimum absolute atomic E-state index is 0.165. The molecule has 0 bridgehead atoms. The number of aromatic nitrogens is 1. The smallest absolute Gasteiger partial charge is 0.183 e. The number of aryl methyl sites for hydroxylation is 1. The zero-order valence-electron chi connectivity index (χ0n) is 14.5. The van der Waals surface area contributed by atoms with Gasteiger partial charge in [-0.05, 0) is 56.4 Å². The Kier molecular flexibility index (Phi) is 4.29. The van der Waals surface area contributed by atoms with Crippen molar-refractivity contribution in [2.45, 2.75) is 52.5 Å². The second-order valence-electron chi connectivity index (χ2n) is 6.94. The maximum atomic E-state index is 12.5. The van der Waals surface area contributed by atoms with Crippen LogP contribution in [0.1, 0.15) is 66.0 Å². The molecule has 2 aromatic rings. The number of rotatable bonds is 6. The van der Waals surface area contributed by atoms with Crippen LogP contribution in [0.15, 0.2) is 30.3 Å². The molecule has 0 spiro atoms. The molecule has 0 atom stereocenters. The number of anilines is 1. The minimum Gasteiger partial charge on any atom is -0.378 e. The van der Waals surface area contributed by atoms with Gasteiger partial charge in [-0.15, -0.1) is 0 Å². The number of nitrogens with one attached hydrogen (secondary N) is 1. The molecule has 3 nitrogen and oxygen atoms in total. The van der Waals surface area contributed by atoms with Gasteiger partial charge in [-0.3, -0.25) is 4.79 Å². The highest BCUT2D eigenvalue weighted by Gasteiger charge is 2.28. The molecule has 1 fully saturated rings. The lowest BCUT2D eigenvalue weighted by molar-refractivity contribution is 0.101. The molecule has 1 saturated carbocycles. The van der Waals surface area contributed by atoms with Crippen LogP contribution in [0.4, 0.5) is 5.69 Å².